The molecule has 37 heavy (non-hydrogen) atoms. The first-order valence-electron chi connectivity index (χ1n) is 13.3. The summed E-state index contributed by atoms with van der Waals surface area (Å²) < 4.78 is 11.3. The molecule has 0 saturated carbocycles. The summed E-state index contributed by atoms with van der Waals surface area (Å²) in [4.78, 5) is 15.4. The average Bonchev–Trinajstić information content (AvgIpc) is 3.45. The number of aliphatic hydroxyl groups is 1. The predicted octanol–water partition coefficient (Wildman–Crippen LogP) is 4.10. The molecule has 0 unspecified atom stereocenters. The predicted molar refractivity (Wildman–Crippen MR) is 144 cm³/mol. The molecule has 2 aliphatic heterocycles. The molecule has 2 N–H and O–H groups in total. The van der Waals surface area contributed by atoms with Gasteiger partial charge < -0.3 is 24.8 Å². The fraction of sp³-hybridized carbons (Fsp3) is 0.387. The van der Waals surface area contributed by atoms with Crippen molar-refractivity contribution in [2.45, 2.75) is 44.2 Å². The van der Waals surface area contributed by atoms with Crippen molar-refractivity contribution < 1.29 is 19.4 Å². The summed E-state index contributed by atoms with van der Waals surface area (Å²) in [6.07, 6.45) is 3.70. The fourth-order valence-corrected chi connectivity index (χ4v) is 5.14. The largest absolute Gasteiger partial charge is 0.486 e. The third kappa shape index (κ3) is 6.90. The van der Waals surface area contributed by atoms with Gasteiger partial charge in [-0.1, -0.05) is 60.7 Å². The summed E-state index contributed by atoms with van der Waals surface area (Å²) in [5, 5.41) is 14.4. The topological polar surface area (TPSA) is 71.0 Å². The Hall–Kier alpha value is -3.35. The van der Waals surface area contributed by atoms with Gasteiger partial charge in [-0.05, 0) is 73.2 Å². The normalized spacial score (nSPS) is 16.8. The van der Waals surface area contributed by atoms with E-state index in [1.54, 1.807) is 0 Å². The Morgan fingerprint density at radius 1 is 0.838 bits per heavy atom. The van der Waals surface area contributed by atoms with E-state index in [1.165, 1.54) is 11.1 Å². The van der Waals surface area contributed by atoms with Gasteiger partial charge in [-0.3, -0.25) is 4.79 Å². The highest BCUT2D eigenvalue weighted by Gasteiger charge is 2.28. The quantitative estimate of drug-likeness (QED) is 0.439. The van der Waals surface area contributed by atoms with Gasteiger partial charge in [-0.25, -0.2) is 0 Å². The lowest BCUT2D eigenvalue weighted by molar-refractivity contribution is -0.122. The Bertz CT molecular complexity index is 1160. The molecule has 0 spiro atoms. The molecule has 3 aromatic rings. The van der Waals surface area contributed by atoms with Gasteiger partial charge in [-0.15, -0.1) is 0 Å². The second kappa shape index (κ2) is 12.3. The van der Waals surface area contributed by atoms with Gasteiger partial charge in [0.25, 0.3) is 0 Å². The van der Waals surface area contributed by atoms with E-state index in [1.807, 2.05) is 36.4 Å². The molecular formula is C31H36N2O4. The number of nitrogens with zero attached hydrogens (tertiary/aromatic N) is 1. The molecule has 2 heterocycles. The molecule has 0 bridgehead atoms. The van der Waals surface area contributed by atoms with Crippen molar-refractivity contribution in [2.24, 2.45) is 0 Å². The zero-order valence-electron chi connectivity index (χ0n) is 21.3. The van der Waals surface area contributed by atoms with Crippen molar-refractivity contribution in [1.82, 2.24) is 10.2 Å². The van der Waals surface area contributed by atoms with Crippen LogP contribution >= 0.6 is 0 Å². The SMILES string of the molecule is O=C(Cc1ccc(CCc2ccccc2)cc1)N[C@H](CN1CCCC1)[C@H](O)c1ccc2c(c1)OCCO2. The van der Waals surface area contributed by atoms with Crippen LogP contribution in [0.25, 0.3) is 0 Å². The Balaban J connectivity index is 1.21. The minimum Gasteiger partial charge on any atom is -0.486 e. The monoisotopic (exact) mass is 500 g/mol. The first kappa shape index (κ1) is 25.3. The van der Waals surface area contributed by atoms with Crippen LogP contribution in [-0.4, -0.2) is 54.8 Å². The number of fused-ring (bicyclic) bond motifs is 1. The lowest BCUT2D eigenvalue weighted by Crippen LogP contribution is -2.47. The minimum atomic E-state index is -0.847. The summed E-state index contributed by atoms with van der Waals surface area (Å²) in [6.45, 7) is 3.61. The summed E-state index contributed by atoms with van der Waals surface area (Å²) >= 11 is 0. The third-order valence-electron chi connectivity index (χ3n) is 7.22. The number of nitrogens with one attached hydrogen (secondary N) is 1. The van der Waals surface area contributed by atoms with Gasteiger partial charge >= 0.3 is 0 Å². The Morgan fingerprint density at radius 3 is 2.22 bits per heavy atom. The highest BCUT2D eigenvalue weighted by Crippen LogP contribution is 2.33. The van der Waals surface area contributed by atoms with Gasteiger partial charge in [0.2, 0.25) is 5.91 Å². The molecule has 6 heteroatoms. The lowest BCUT2D eigenvalue weighted by atomic mass is 10.00. The van der Waals surface area contributed by atoms with E-state index in [2.05, 4.69) is 46.6 Å². The Labute approximate surface area is 219 Å². The molecule has 0 radical (unpaired) electrons. The number of benzene rings is 3. The minimum absolute atomic E-state index is 0.0853. The van der Waals surface area contributed by atoms with Crippen molar-refractivity contribution in [3.63, 3.8) is 0 Å². The molecule has 6 nitrogen and oxygen atoms in total. The average molecular weight is 501 g/mol. The van der Waals surface area contributed by atoms with Crippen molar-refractivity contribution in [3.05, 3.63) is 95.1 Å². The van der Waals surface area contributed by atoms with E-state index in [-0.39, 0.29) is 12.3 Å². The van der Waals surface area contributed by atoms with E-state index in [9.17, 15) is 9.90 Å². The van der Waals surface area contributed by atoms with Crippen LogP contribution in [0.1, 0.15) is 41.2 Å². The third-order valence-corrected chi connectivity index (χ3v) is 7.22. The summed E-state index contributed by atoms with van der Waals surface area (Å²) in [5.74, 6) is 1.24. The van der Waals surface area contributed by atoms with Gasteiger partial charge in [0, 0.05) is 6.54 Å². The van der Waals surface area contributed by atoms with Crippen LogP contribution in [0.2, 0.25) is 0 Å². The summed E-state index contributed by atoms with van der Waals surface area (Å²) in [6, 6.07) is 23.9. The van der Waals surface area contributed by atoms with Crippen LogP contribution in [0, 0.1) is 0 Å². The molecular weight excluding hydrogens is 464 g/mol. The Morgan fingerprint density at radius 2 is 1.49 bits per heavy atom. The number of aliphatic hydroxyl groups excluding tert-OH is 1. The molecule has 3 aromatic carbocycles. The van der Waals surface area contributed by atoms with E-state index in [4.69, 9.17) is 9.47 Å². The summed E-state index contributed by atoms with van der Waals surface area (Å²) in [5.41, 5.74) is 4.27. The molecule has 194 valence electrons. The number of ether oxygens (including phenoxy) is 2. The molecule has 1 amide bonds. The Kier molecular flexibility index (Phi) is 8.39. The van der Waals surface area contributed by atoms with E-state index in [0.717, 1.165) is 49.9 Å². The molecule has 2 atom stereocenters. The highest BCUT2D eigenvalue weighted by atomic mass is 16.6. The van der Waals surface area contributed by atoms with E-state index < -0.39 is 12.1 Å². The maximum atomic E-state index is 13.1. The van der Waals surface area contributed by atoms with Crippen molar-refractivity contribution >= 4 is 5.91 Å². The van der Waals surface area contributed by atoms with Crippen molar-refractivity contribution in [2.75, 3.05) is 32.8 Å². The fourth-order valence-electron chi connectivity index (χ4n) is 5.14. The number of aryl methyl sites for hydroxylation is 2. The van der Waals surface area contributed by atoms with Gasteiger partial charge in [-0.2, -0.15) is 0 Å². The first-order valence-corrected chi connectivity index (χ1v) is 13.3. The van der Waals surface area contributed by atoms with E-state index >= 15 is 0 Å². The second-order valence-corrected chi connectivity index (χ2v) is 10.0. The highest BCUT2D eigenvalue weighted by molar-refractivity contribution is 5.79. The number of likely N-dealkylation sites (tertiary alicyclic amines) is 1. The number of amides is 1. The van der Waals surface area contributed by atoms with Crippen LogP contribution in [-0.2, 0) is 24.1 Å². The van der Waals surface area contributed by atoms with Crippen LogP contribution in [0.3, 0.4) is 0 Å². The number of carbonyl (C=O) groups is 1. The first-order chi connectivity index (χ1) is 18.1. The molecule has 1 fully saturated rings. The van der Waals surface area contributed by atoms with Crippen molar-refractivity contribution in [1.29, 1.82) is 0 Å². The molecule has 1 saturated heterocycles. The van der Waals surface area contributed by atoms with E-state index in [0.29, 0.717) is 31.3 Å². The number of hydrogen-bond donors (Lipinski definition) is 2. The maximum Gasteiger partial charge on any atom is 0.224 e. The number of hydrogen-bond acceptors (Lipinski definition) is 5. The zero-order chi connectivity index (χ0) is 25.5. The van der Waals surface area contributed by atoms with Gasteiger partial charge in [0.1, 0.15) is 19.3 Å². The van der Waals surface area contributed by atoms with Crippen LogP contribution in [0.4, 0.5) is 0 Å². The zero-order valence-corrected chi connectivity index (χ0v) is 21.3. The second-order valence-electron chi connectivity index (χ2n) is 10.0. The number of rotatable bonds is 10. The van der Waals surface area contributed by atoms with Crippen LogP contribution in [0.15, 0.2) is 72.8 Å². The van der Waals surface area contributed by atoms with Crippen LogP contribution in [0.5, 0.6) is 11.5 Å². The lowest BCUT2D eigenvalue weighted by Gasteiger charge is -2.29. The van der Waals surface area contributed by atoms with Gasteiger partial charge in [0.05, 0.1) is 12.5 Å². The molecule has 5 rings (SSSR count). The van der Waals surface area contributed by atoms with Crippen LogP contribution < -0.4 is 14.8 Å². The maximum absolute atomic E-state index is 13.1. The molecule has 0 aromatic heterocycles. The van der Waals surface area contributed by atoms with Gasteiger partial charge in [0.15, 0.2) is 11.5 Å². The number of carbonyl (C=O) groups excluding carboxylic acids is 1. The van der Waals surface area contributed by atoms with Crippen molar-refractivity contribution in [3.8, 4) is 11.5 Å². The molecule has 0 aliphatic carbocycles. The molecule has 2 aliphatic rings. The smallest absolute Gasteiger partial charge is 0.224 e. The standard InChI is InChI=1S/C31H36N2O4/c34-30(20-25-12-10-24(11-13-25)9-8-23-6-2-1-3-7-23)32-27(22-33-16-4-5-17-33)31(35)26-14-15-28-29(21-26)37-19-18-36-28/h1-3,6-7,10-15,21,27,31,35H,4-5,8-9,16-20,22H2,(H,32,34)/t27-,31-/m1/s1. The summed E-state index contributed by atoms with van der Waals surface area (Å²) in [7, 11) is 0.